The number of carbonyl (C=O) groups is 1. The van der Waals surface area contributed by atoms with Gasteiger partial charge in [0.2, 0.25) is 10.0 Å². The van der Waals surface area contributed by atoms with Crippen molar-refractivity contribution in [2.45, 2.75) is 37.1 Å². The summed E-state index contributed by atoms with van der Waals surface area (Å²) >= 11 is 6.12. The maximum absolute atomic E-state index is 12.7. The molecule has 1 N–H and O–H groups in total. The van der Waals surface area contributed by atoms with Gasteiger partial charge in [-0.25, -0.2) is 8.42 Å². The van der Waals surface area contributed by atoms with Gasteiger partial charge in [-0.05, 0) is 42.2 Å². The molecule has 1 fully saturated rings. The Morgan fingerprint density at radius 2 is 1.69 bits per heavy atom. The number of rotatable bonds is 8. The van der Waals surface area contributed by atoms with Crippen molar-refractivity contribution in [1.29, 1.82) is 0 Å². The lowest BCUT2D eigenvalue weighted by molar-refractivity contribution is -0.176. The van der Waals surface area contributed by atoms with E-state index < -0.39 is 28.7 Å². The van der Waals surface area contributed by atoms with Crippen LogP contribution in [0.5, 0.6) is 0 Å². The summed E-state index contributed by atoms with van der Waals surface area (Å²) in [7, 11) is -3.69. The molecule has 2 aromatic carbocycles. The van der Waals surface area contributed by atoms with E-state index in [-0.39, 0.29) is 28.6 Å². The fourth-order valence-electron chi connectivity index (χ4n) is 3.23. The quantitative estimate of drug-likeness (QED) is 0.603. The van der Waals surface area contributed by atoms with Gasteiger partial charge in [0.15, 0.2) is 0 Å². The molecule has 1 aliphatic rings. The highest BCUT2D eigenvalue weighted by molar-refractivity contribution is 7.89. The van der Waals surface area contributed by atoms with Gasteiger partial charge in [-0.15, -0.1) is 0 Å². The molecule has 0 bridgehead atoms. The van der Waals surface area contributed by atoms with Crippen LogP contribution >= 0.6 is 11.6 Å². The molecule has 32 heavy (non-hydrogen) atoms. The SMILES string of the molecule is O=C(NCc1ccc(COCC(F)(F)F)cc1)c1cc(S(=O)(=O)N2CCCC2)ccc1Cl. The zero-order valence-electron chi connectivity index (χ0n) is 17.0. The summed E-state index contributed by atoms with van der Waals surface area (Å²) in [6.45, 7) is -0.479. The highest BCUT2D eigenvalue weighted by Gasteiger charge is 2.28. The highest BCUT2D eigenvalue weighted by atomic mass is 35.5. The van der Waals surface area contributed by atoms with E-state index >= 15 is 0 Å². The van der Waals surface area contributed by atoms with Crippen LogP contribution in [0.25, 0.3) is 0 Å². The Labute approximate surface area is 189 Å². The summed E-state index contributed by atoms with van der Waals surface area (Å²) in [5.41, 5.74) is 1.31. The van der Waals surface area contributed by atoms with Crippen LogP contribution in [0.4, 0.5) is 13.2 Å². The first-order valence-electron chi connectivity index (χ1n) is 9.86. The van der Waals surface area contributed by atoms with E-state index in [9.17, 15) is 26.4 Å². The van der Waals surface area contributed by atoms with Gasteiger partial charge in [-0.3, -0.25) is 4.79 Å². The third-order valence-electron chi connectivity index (χ3n) is 4.90. The van der Waals surface area contributed by atoms with Crippen molar-refractivity contribution in [3.63, 3.8) is 0 Å². The second kappa shape index (κ2) is 10.2. The Balaban J connectivity index is 1.61. The number of halogens is 4. The van der Waals surface area contributed by atoms with Crippen molar-refractivity contribution in [3.8, 4) is 0 Å². The van der Waals surface area contributed by atoms with E-state index in [1.165, 1.54) is 22.5 Å². The molecule has 1 aliphatic heterocycles. The van der Waals surface area contributed by atoms with Crippen LogP contribution in [0, 0.1) is 0 Å². The number of nitrogens with one attached hydrogen (secondary N) is 1. The van der Waals surface area contributed by atoms with Crippen molar-refractivity contribution < 1.29 is 31.1 Å². The van der Waals surface area contributed by atoms with Crippen LogP contribution in [0.3, 0.4) is 0 Å². The number of hydrogen-bond donors (Lipinski definition) is 1. The normalized spacial score (nSPS) is 15.1. The Hall–Kier alpha value is -2.14. The standard InChI is InChI=1S/C21H22ClF3N2O4S/c22-19-8-7-17(32(29,30)27-9-1-2-10-27)11-18(19)20(28)26-12-15-3-5-16(6-4-15)13-31-14-21(23,24)25/h3-8,11H,1-2,9-10,12-14H2,(H,26,28). The van der Waals surface area contributed by atoms with E-state index in [1.54, 1.807) is 24.3 Å². The number of ether oxygens (including phenoxy) is 1. The number of hydrogen-bond acceptors (Lipinski definition) is 4. The van der Waals surface area contributed by atoms with Crippen LogP contribution in [-0.4, -0.2) is 44.5 Å². The molecule has 0 spiro atoms. The molecule has 1 amide bonds. The monoisotopic (exact) mass is 490 g/mol. The van der Waals surface area contributed by atoms with Gasteiger partial charge >= 0.3 is 6.18 Å². The van der Waals surface area contributed by atoms with Gasteiger partial charge in [0.25, 0.3) is 5.91 Å². The van der Waals surface area contributed by atoms with Gasteiger partial charge in [-0.1, -0.05) is 35.9 Å². The molecule has 1 heterocycles. The number of alkyl halides is 3. The fraction of sp³-hybridized carbons (Fsp3) is 0.381. The Kier molecular flexibility index (Phi) is 7.81. The molecule has 1 saturated heterocycles. The molecule has 0 radical (unpaired) electrons. The van der Waals surface area contributed by atoms with E-state index in [4.69, 9.17) is 11.6 Å². The first kappa shape index (κ1) is 24.5. The second-order valence-corrected chi connectivity index (χ2v) is 9.71. The minimum atomic E-state index is -4.38. The van der Waals surface area contributed by atoms with E-state index in [0.717, 1.165) is 12.8 Å². The first-order chi connectivity index (χ1) is 15.1. The fourth-order valence-corrected chi connectivity index (χ4v) is 4.98. The van der Waals surface area contributed by atoms with Crippen molar-refractivity contribution in [2.24, 2.45) is 0 Å². The topological polar surface area (TPSA) is 75.7 Å². The minimum absolute atomic E-state index is 0.0113. The molecule has 174 valence electrons. The molecule has 3 rings (SSSR count). The first-order valence-corrected chi connectivity index (χ1v) is 11.7. The van der Waals surface area contributed by atoms with Crippen molar-refractivity contribution >= 4 is 27.5 Å². The number of nitrogens with zero attached hydrogens (tertiary/aromatic N) is 1. The summed E-state index contributed by atoms with van der Waals surface area (Å²) in [5, 5.41) is 2.80. The zero-order chi connectivity index (χ0) is 23.4. The smallest absolute Gasteiger partial charge is 0.367 e. The number of sulfonamides is 1. The van der Waals surface area contributed by atoms with E-state index in [0.29, 0.717) is 24.2 Å². The molecule has 2 aromatic rings. The van der Waals surface area contributed by atoms with E-state index in [2.05, 4.69) is 10.1 Å². The number of amides is 1. The van der Waals surface area contributed by atoms with Crippen LogP contribution in [0.1, 0.15) is 34.3 Å². The largest absolute Gasteiger partial charge is 0.411 e. The average Bonchev–Trinajstić information content (AvgIpc) is 3.28. The summed E-state index contributed by atoms with van der Waals surface area (Å²) in [6, 6.07) is 10.6. The third-order valence-corrected chi connectivity index (χ3v) is 7.12. The molecule has 0 aromatic heterocycles. The number of carbonyl (C=O) groups excluding carboxylic acids is 1. The minimum Gasteiger partial charge on any atom is -0.367 e. The lowest BCUT2D eigenvalue weighted by atomic mass is 10.1. The Bertz CT molecular complexity index is 1050. The Morgan fingerprint density at radius 1 is 1.06 bits per heavy atom. The summed E-state index contributed by atoms with van der Waals surface area (Å²) in [5.74, 6) is -0.536. The third kappa shape index (κ3) is 6.44. The van der Waals surface area contributed by atoms with Gasteiger partial charge < -0.3 is 10.1 Å². The van der Waals surface area contributed by atoms with Gasteiger partial charge in [0.1, 0.15) is 6.61 Å². The summed E-state index contributed by atoms with van der Waals surface area (Å²) < 4.78 is 67.8. The van der Waals surface area contributed by atoms with Crippen molar-refractivity contribution in [3.05, 3.63) is 64.2 Å². The van der Waals surface area contributed by atoms with Gasteiger partial charge in [0.05, 0.1) is 22.1 Å². The Morgan fingerprint density at radius 3 is 2.31 bits per heavy atom. The molecule has 0 saturated carbocycles. The van der Waals surface area contributed by atoms with Crippen LogP contribution in [0.15, 0.2) is 47.4 Å². The molecule has 0 aliphatic carbocycles. The van der Waals surface area contributed by atoms with Crippen LogP contribution in [-0.2, 0) is 27.9 Å². The van der Waals surface area contributed by atoms with Crippen molar-refractivity contribution in [1.82, 2.24) is 9.62 Å². The summed E-state index contributed by atoms with van der Waals surface area (Å²) in [6.07, 6.45) is -2.78. The maximum atomic E-state index is 12.7. The van der Waals surface area contributed by atoms with Gasteiger partial charge in [-0.2, -0.15) is 17.5 Å². The predicted molar refractivity (Wildman–Crippen MR) is 113 cm³/mol. The molecular weight excluding hydrogens is 469 g/mol. The molecule has 6 nitrogen and oxygen atoms in total. The summed E-state index contributed by atoms with van der Waals surface area (Å²) in [4.78, 5) is 12.6. The zero-order valence-corrected chi connectivity index (χ0v) is 18.6. The second-order valence-electron chi connectivity index (χ2n) is 7.36. The molecule has 0 unspecified atom stereocenters. The lowest BCUT2D eigenvalue weighted by Gasteiger charge is -2.16. The van der Waals surface area contributed by atoms with E-state index in [1.807, 2.05) is 0 Å². The van der Waals surface area contributed by atoms with Gasteiger partial charge in [0, 0.05) is 19.6 Å². The highest BCUT2D eigenvalue weighted by Crippen LogP contribution is 2.25. The van der Waals surface area contributed by atoms with Crippen LogP contribution in [0.2, 0.25) is 5.02 Å². The molecular formula is C21H22ClF3N2O4S. The van der Waals surface area contributed by atoms with Crippen molar-refractivity contribution in [2.75, 3.05) is 19.7 Å². The lowest BCUT2D eigenvalue weighted by Crippen LogP contribution is -2.28. The molecule has 11 heteroatoms. The number of benzene rings is 2. The predicted octanol–water partition coefficient (Wildman–Crippen LogP) is 4.13. The molecule has 0 atom stereocenters. The van der Waals surface area contributed by atoms with Crippen LogP contribution < -0.4 is 5.32 Å². The average molecular weight is 491 g/mol. The maximum Gasteiger partial charge on any atom is 0.411 e.